The number of piperazine rings is 1. The molecule has 1 fully saturated rings. The Balaban J connectivity index is 1.88. The zero-order valence-electron chi connectivity index (χ0n) is 14.0. The largest absolute Gasteiger partial charge is 0.383 e. The molecule has 23 heavy (non-hydrogen) atoms. The van der Waals surface area contributed by atoms with E-state index < -0.39 is 10.0 Å². The summed E-state index contributed by atoms with van der Waals surface area (Å²) in [4.78, 5) is 4.72. The summed E-state index contributed by atoms with van der Waals surface area (Å²) in [5.74, 6) is 0.151. The van der Waals surface area contributed by atoms with Gasteiger partial charge >= 0.3 is 0 Å². The lowest BCUT2D eigenvalue weighted by Gasteiger charge is -2.36. The number of methoxy groups -OCH3 is 1. The monoisotopic (exact) mass is 341 g/mol. The summed E-state index contributed by atoms with van der Waals surface area (Å²) in [6.45, 7) is 7.60. The molecule has 1 aliphatic heterocycles. The molecule has 1 heterocycles. The number of nitrogens with zero attached hydrogens (tertiary/aromatic N) is 2. The van der Waals surface area contributed by atoms with Crippen molar-refractivity contribution in [3.05, 3.63) is 24.3 Å². The minimum absolute atomic E-state index is 0.151. The van der Waals surface area contributed by atoms with Gasteiger partial charge in [-0.05, 0) is 30.7 Å². The fourth-order valence-electron chi connectivity index (χ4n) is 2.69. The molecule has 7 heteroatoms. The second-order valence-corrected chi connectivity index (χ2v) is 7.63. The first-order valence-corrected chi connectivity index (χ1v) is 9.76. The van der Waals surface area contributed by atoms with Crippen LogP contribution in [0.3, 0.4) is 0 Å². The molecule has 1 aromatic carbocycles. The van der Waals surface area contributed by atoms with Crippen LogP contribution in [0.4, 0.5) is 11.4 Å². The first-order valence-electron chi connectivity index (χ1n) is 8.11. The maximum Gasteiger partial charge on any atom is 0.232 e. The van der Waals surface area contributed by atoms with Crippen molar-refractivity contribution in [1.29, 1.82) is 0 Å². The maximum atomic E-state index is 11.8. The molecule has 130 valence electrons. The molecule has 1 N–H and O–H groups in total. The van der Waals surface area contributed by atoms with Gasteiger partial charge in [0.25, 0.3) is 0 Å². The smallest absolute Gasteiger partial charge is 0.232 e. The summed E-state index contributed by atoms with van der Waals surface area (Å²) in [5, 5.41) is 0. The summed E-state index contributed by atoms with van der Waals surface area (Å²) in [6, 6.07) is 7.63. The van der Waals surface area contributed by atoms with Crippen LogP contribution in [0, 0.1) is 0 Å². The summed E-state index contributed by atoms with van der Waals surface area (Å²) < 4.78 is 31.3. The topological polar surface area (TPSA) is 61.9 Å². The quantitative estimate of drug-likeness (QED) is 0.778. The van der Waals surface area contributed by atoms with Gasteiger partial charge in [-0.1, -0.05) is 6.92 Å². The molecule has 0 aromatic heterocycles. The summed E-state index contributed by atoms with van der Waals surface area (Å²) in [7, 11) is -1.49. The van der Waals surface area contributed by atoms with Gasteiger partial charge in [-0.3, -0.25) is 9.62 Å². The Hall–Kier alpha value is -1.31. The van der Waals surface area contributed by atoms with Crippen molar-refractivity contribution in [2.24, 2.45) is 0 Å². The molecule has 1 aromatic rings. The van der Waals surface area contributed by atoms with Gasteiger partial charge in [-0.2, -0.15) is 0 Å². The van der Waals surface area contributed by atoms with E-state index in [9.17, 15) is 8.42 Å². The van der Waals surface area contributed by atoms with Gasteiger partial charge in [0.1, 0.15) is 0 Å². The molecule has 0 radical (unpaired) electrons. The van der Waals surface area contributed by atoms with E-state index in [4.69, 9.17) is 4.74 Å². The Bertz CT molecular complexity index is 567. The maximum absolute atomic E-state index is 11.8. The molecular formula is C16H27N3O3S. The number of hydrogen-bond acceptors (Lipinski definition) is 5. The standard InChI is InChI=1S/C16H27N3O3S/c1-3-14-23(20,21)17-15-4-6-16(7-5-15)19-10-8-18(9-11-19)12-13-22-2/h4-7,17H,3,8-14H2,1-2H3. The fourth-order valence-corrected chi connectivity index (χ4v) is 3.82. The number of hydrogen-bond donors (Lipinski definition) is 1. The van der Waals surface area contributed by atoms with Crippen LogP contribution >= 0.6 is 0 Å². The highest BCUT2D eigenvalue weighted by Gasteiger charge is 2.17. The van der Waals surface area contributed by atoms with E-state index in [1.54, 1.807) is 7.11 Å². The van der Waals surface area contributed by atoms with E-state index >= 15 is 0 Å². The van der Waals surface area contributed by atoms with Crippen molar-refractivity contribution < 1.29 is 13.2 Å². The van der Waals surface area contributed by atoms with Crippen molar-refractivity contribution in [1.82, 2.24) is 4.90 Å². The number of sulfonamides is 1. The van der Waals surface area contributed by atoms with Crippen molar-refractivity contribution in [2.45, 2.75) is 13.3 Å². The second-order valence-electron chi connectivity index (χ2n) is 5.79. The third-order valence-corrected chi connectivity index (χ3v) is 5.46. The Morgan fingerprint density at radius 3 is 2.35 bits per heavy atom. The van der Waals surface area contributed by atoms with Crippen LogP contribution in [-0.4, -0.2) is 65.5 Å². The predicted molar refractivity (Wildman–Crippen MR) is 94.7 cm³/mol. The van der Waals surface area contributed by atoms with E-state index in [0.29, 0.717) is 12.1 Å². The highest BCUT2D eigenvalue weighted by Crippen LogP contribution is 2.20. The van der Waals surface area contributed by atoms with E-state index in [2.05, 4.69) is 14.5 Å². The molecule has 0 amide bonds. The lowest BCUT2D eigenvalue weighted by atomic mass is 10.2. The second kappa shape index (κ2) is 8.52. The lowest BCUT2D eigenvalue weighted by Crippen LogP contribution is -2.47. The van der Waals surface area contributed by atoms with E-state index in [-0.39, 0.29) is 5.75 Å². The van der Waals surface area contributed by atoms with Gasteiger partial charge in [0.15, 0.2) is 0 Å². The van der Waals surface area contributed by atoms with Gasteiger partial charge in [0, 0.05) is 51.2 Å². The van der Waals surface area contributed by atoms with Crippen molar-refractivity contribution in [3.63, 3.8) is 0 Å². The first-order chi connectivity index (χ1) is 11.0. The Labute approximate surface area is 139 Å². The molecule has 0 unspecified atom stereocenters. The van der Waals surface area contributed by atoms with Crippen LogP contribution < -0.4 is 9.62 Å². The minimum atomic E-state index is -3.22. The number of benzene rings is 1. The third kappa shape index (κ3) is 5.67. The number of anilines is 2. The predicted octanol–water partition coefficient (Wildman–Crippen LogP) is 1.61. The van der Waals surface area contributed by atoms with Gasteiger partial charge in [-0.25, -0.2) is 8.42 Å². The Morgan fingerprint density at radius 2 is 1.78 bits per heavy atom. The third-order valence-electron chi connectivity index (χ3n) is 3.96. The zero-order valence-corrected chi connectivity index (χ0v) is 14.8. The van der Waals surface area contributed by atoms with Crippen LogP contribution in [0.1, 0.15) is 13.3 Å². The van der Waals surface area contributed by atoms with Crippen LogP contribution in [0.25, 0.3) is 0 Å². The minimum Gasteiger partial charge on any atom is -0.383 e. The van der Waals surface area contributed by atoms with Gasteiger partial charge in [0.2, 0.25) is 10.0 Å². The molecule has 6 nitrogen and oxygen atoms in total. The lowest BCUT2D eigenvalue weighted by molar-refractivity contribution is 0.144. The van der Waals surface area contributed by atoms with Crippen LogP contribution in [0.5, 0.6) is 0 Å². The SMILES string of the molecule is CCCS(=O)(=O)Nc1ccc(N2CCN(CCOC)CC2)cc1. The van der Waals surface area contributed by atoms with Gasteiger partial charge < -0.3 is 9.64 Å². The highest BCUT2D eigenvalue weighted by molar-refractivity contribution is 7.92. The summed E-state index contributed by atoms with van der Waals surface area (Å²) in [5.41, 5.74) is 1.76. The van der Waals surface area contributed by atoms with Gasteiger partial charge in [0.05, 0.1) is 12.4 Å². The zero-order chi connectivity index (χ0) is 16.7. The number of nitrogens with one attached hydrogen (secondary N) is 1. The molecule has 0 aliphatic carbocycles. The molecule has 1 saturated heterocycles. The van der Waals surface area contributed by atoms with E-state index in [1.165, 1.54) is 0 Å². The van der Waals surface area contributed by atoms with Crippen molar-refractivity contribution in [3.8, 4) is 0 Å². The number of rotatable bonds is 8. The fraction of sp³-hybridized carbons (Fsp3) is 0.625. The van der Waals surface area contributed by atoms with Gasteiger partial charge in [-0.15, -0.1) is 0 Å². The average Bonchev–Trinajstić information content (AvgIpc) is 2.54. The summed E-state index contributed by atoms with van der Waals surface area (Å²) >= 11 is 0. The number of ether oxygens (including phenoxy) is 1. The van der Waals surface area contributed by atoms with E-state index in [1.807, 2.05) is 31.2 Å². The normalized spacial score (nSPS) is 16.5. The molecule has 0 atom stereocenters. The molecule has 1 aliphatic rings. The van der Waals surface area contributed by atoms with Crippen LogP contribution in [-0.2, 0) is 14.8 Å². The first kappa shape index (κ1) is 18.0. The Kier molecular flexibility index (Phi) is 6.68. The van der Waals surface area contributed by atoms with E-state index in [0.717, 1.165) is 45.0 Å². The van der Waals surface area contributed by atoms with Crippen molar-refractivity contribution in [2.75, 3.05) is 61.8 Å². The van der Waals surface area contributed by atoms with Crippen molar-refractivity contribution >= 4 is 21.4 Å². The Morgan fingerprint density at radius 1 is 1.13 bits per heavy atom. The molecule has 0 spiro atoms. The molecule has 2 rings (SSSR count). The molecular weight excluding hydrogens is 314 g/mol. The average molecular weight is 341 g/mol. The molecule has 0 bridgehead atoms. The highest BCUT2D eigenvalue weighted by atomic mass is 32.2. The van der Waals surface area contributed by atoms with Crippen LogP contribution in [0.15, 0.2) is 24.3 Å². The van der Waals surface area contributed by atoms with Crippen LogP contribution in [0.2, 0.25) is 0 Å². The summed E-state index contributed by atoms with van der Waals surface area (Å²) in [6.07, 6.45) is 0.612. The molecule has 0 saturated carbocycles.